The molecule has 0 aromatic heterocycles. The molecule has 2 atom stereocenters. The third kappa shape index (κ3) is 2.27. The van der Waals surface area contributed by atoms with Crippen LogP contribution in [0.15, 0.2) is 0 Å². The third-order valence-electron chi connectivity index (χ3n) is 3.60. The van der Waals surface area contributed by atoms with Crippen molar-refractivity contribution in [2.75, 3.05) is 39.5 Å². The highest BCUT2D eigenvalue weighted by Crippen LogP contribution is 2.25. The van der Waals surface area contributed by atoms with Crippen molar-refractivity contribution in [1.29, 1.82) is 0 Å². The highest BCUT2D eigenvalue weighted by Gasteiger charge is 2.30. The first-order chi connectivity index (χ1) is 6.79. The Morgan fingerprint density at radius 2 is 2.21 bits per heavy atom. The summed E-state index contributed by atoms with van der Waals surface area (Å²) in [4.78, 5) is 2.47. The molecule has 0 spiro atoms. The molecule has 2 aliphatic rings. The van der Waals surface area contributed by atoms with Crippen LogP contribution in [-0.4, -0.2) is 49.5 Å². The quantitative estimate of drug-likeness (QED) is 0.722. The highest BCUT2D eigenvalue weighted by atomic mass is 16.5. The summed E-state index contributed by atoms with van der Waals surface area (Å²) in [5, 5.41) is 8.91. The number of nitrogens with zero attached hydrogens (tertiary/aromatic N) is 1. The van der Waals surface area contributed by atoms with Gasteiger partial charge in [0.05, 0.1) is 0 Å². The normalized spacial score (nSPS) is 35.6. The lowest BCUT2D eigenvalue weighted by Gasteiger charge is -2.42. The summed E-state index contributed by atoms with van der Waals surface area (Å²) in [6.07, 6.45) is 1.21. The van der Waals surface area contributed by atoms with Gasteiger partial charge in [0.15, 0.2) is 0 Å². The van der Waals surface area contributed by atoms with Crippen LogP contribution in [0.1, 0.15) is 13.3 Å². The minimum Gasteiger partial charge on any atom is -0.396 e. The average Bonchev–Trinajstić information content (AvgIpc) is 2.13. The molecule has 2 rings (SSSR count). The SMILES string of the molecule is CC1COCCC1CN1CC(CO)C1. The first-order valence-electron chi connectivity index (χ1n) is 5.70. The van der Waals surface area contributed by atoms with E-state index in [9.17, 15) is 0 Å². The fourth-order valence-corrected chi connectivity index (χ4v) is 2.47. The third-order valence-corrected chi connectivity index (χ3v) is 3.60. The van der Waals surface area contributed by atoms with E-state index in [0.29, 0.717) is 18.4 Å². The first kappa shape index (κ1) is 10.4. The molecule has 0 aromatic rings. The number of likely N-dealkylation sites (tertiary alicyclic amines) is 1. The molecule has 2 aliphatic heterocycles. The van der Waals surface area contributed by atoms with Crippen molar-refractivity contribution in [3.8, 4) is 0 Å². The van der Waals surface area contributed by atoms with Crippen LogP contribution in [-0.2, 0) is 4.74 Å². The zero-order valence-electron chi connectivity index (χ0n) is 8.98. The Morgan fingerprint density at radius 1 is 1.43 bits per heavy atom. The van der Waals surface area contributed by atoms with Crippen LogP contribution in [0, 0.1) is 17.8 Å². The van der Waals surface area contributed by atoms with Crippen molar-refractivity contribution in [1.82, 2.24) is 4.90 Å². The zero-order chi connectivity index (χ0) is 9.97. The summed E-state index contributed by atoms with van der Waals surface area (Å²) in [7, 11) is 0. The van der Waals surface area contributed by atoms with E-state index >= 15 is 0 Å². The van der Waals surface area contributed by atoms with E-state index in [4.69, 9.17) is 9.84 Å². The van der Waals surface area contributed by atoms with Crippen molar-refractivity contribution in [2.45, 2.75) is 13.3 Å². The van der Waals surface area contributed by atoms with Crippen LogP contribution in [0.2, 0.25) is 0 Å². The molecule has 82 valence electrons. The van der Waals surface area contributed by atoms with E-state index in [0.717, 1.165) is 32.2 Å². The van der Waals surface area contributed by atoms with Gasteiger partial charge >= 0.3 is 0 Å². The summed E-state index contributed by atoms with van der Waals surface area (Å²) < 4.78 is 5.43. The van der Waals surface area contributed by atoms with Gasteiger partial charge in [-0.15, -0.1) is 0 Å². The summed E-state index contributed by atoms with van der Waals surface area (Å²) >= 11 is 0. The monoisotopic (exact) mass is 199 g/mol. The van der Waals surface area contributed by atoms with Gasteiger partial charge in [-0.05, 0) is 18.3 Å². The Kier molecular flexibility index (Phi) is 3.42. The van der Waals surface area contributed by atoms with E-state index in [-0.39, 0.29) is 0 Å². The molecule has 0 aliphatic carbocycles. The van der Waals surface area contributed by atoms with Gasteiger partial charge in [-0.2, -0.15) is 0 Å². The summed E-state index contributed by atoms with van der Waals surface area (Å²) in [6.45, 7) is 7.92. The van der Waals surface area contributed by atoms with Crippen molar-refractivity contribution < 1.29 is 9.84 Å². The lowest BCUT2D eigenvalue weighted by molar-refractivity contribution is -0.0160. The highest BCUT2D eigenvalue weighted by molar-refractivity contribution is 4.83. The van der Waals surface area contributed by atoms with Crippen LogP contribution in [0.25, 0.3) is 0 Å². The Labute approximate surface area is 86.0 Å². The molecule has 2 heterocycles. The van der Waals surface area contributed by atoms with Crippen LogP contribution < -0.4 is 0 Å². The van der Waals surface area contributed by atoms with Gasteiger partial charge in [0.2, 0.25) is 0 Å². The van der Waals surface area contributed by atoms with Crippen LogP contribution in [0.4, 0.5) is 0 Å². The second kappa shape index (κ2) is 4.60. The minimum absolute atomic E-state index is 0.361. The number of aliphatic hydroxyl groups excluding tert-OH is 1. The van der Waals surface area contributed by atoms with Gasteiger partial charge in [-0.1, -0.05) is 6.92 Å². The zero-order valence-corrected chi connectivity index (χ0v) is 8.98. The molecular formula is C11H21NO2. The predicted molar refractivity (Wildman–Crippen MR) is 55.1 cm³/mol. The molecule has 2 saturated heterocycles. The molecular weight excluding hydrogens is 178 g/mol. The largest absolute Gasteiger partial charge is 0.396 e. The number of aliphatic hydroxyl groups is 1. The number of ether oxygens (including phenoxy) is 1. The van der Waals surface area contributed by atoms with Gasteiger partial charge in [-0.3, -0.25) is 0 Å². The summed E-state index contributed by atoms with van der Waals surface area (Å²) in [6, 6.07) is 0. The Bertz CT molecular complexity index is 180. The molecule has 3 nitrogen and oxygen atoms in total. The minimum atomic E-state index is 0.361. The van der Waals surface area contributed by atoms with Crippen molar-refractivity contribution >= 4 is 0 Å². The first-order valence-corrected chi connectivity index (χ1v) is 5.70. The van der Waals surface area contributed by atoms with Gasteiger partial charge < -0.3 is 14.7 Å². The van der Waals surface area contributed by atoms with E-state index in [2.05, 4.69) is 11.8 Å². The Balaban J connectivity index is 1.69. The molecule has 0 radical (unpaired) electrons. The second-order valence-electron chi connectivity index (χ2n) is 4.87. The maximum absolute atomic E-state index is 8.91. The van der Waals surface area contributed by atoms with Gasteiger partial charge in [0.1, 0.15) is 0 Å². The Morgan fingerprint density at radius 3 is 2.86 bits per heavy atom. The van der Waals surface area contributed by atoms with Crippen molar-refractivity contribution in [3.05, 3.63) is 0 Å². The molecule has 0 aromatic carbocycles. The topological polar surface area (TPSA) is 32.7 Å². The summed E-state index contributed by atoms with van der Waals surface area (Å²) in [5.74, 6) is 2.06. The molecule has 0 saturated carbocycles. The fraction of sp³-hybridized carbons (Fsp3) is 1.00. The van der Waals surface area contributed by atoms with E-state index < -0.39 is 0 Å². The van der Waals surface area contributed by atoms with E-state index in [1.165, 1.54) is 13.0 Å². The van der Waals surface area contributed by atoms with Crippen molar-refractivity contribution in [3.63, 3.8) is 0 Å². The molecule has 0 amide bonds. The number of hydrogen-bond donors (Lipinski definition) is 1. The maximum atomic E-state index is 8.91. The lowest BCUT2D eigenvalue weighted by atomic mass is 9.87. The predicted octanol–water partition coefficient (Wildman–Crippen LogP) is 0.583. The molecule has 1 N–H and O–H groups in total. The summed E-state index contributed by atoms with van der Waals surface area (Å²) in [5.41, 5.74) is 0. The Hall–Kier alpha value is -0.120. The van der Waals surface area contributed by atoms with E-state index in [1.807, 2.05) is 0 Å². The standard InChI is InChI=1S/C11H21NO2/c1-9-8-14-3-2-11(9)6-12-4-10(5-12)7-13/h9-11,13H,2-8H2,1H3. The van der Waals surface area contributed by atoms with Crippen LogP contribution in [0.5, 0.6) is 0 Å². The molecule has 14 heavy (non-hydrogen) atoms. The maximum Gasteiger partial charge on any atom is 0.0494 e. The number of rotatable bonds is 3. The van der Waals surface area contributed by atoms with Gasteiger partial charge in [0, 0.05) is 45.4 Å². The van der Waals surface area contributed by atoms with Crippen LogP contribution >= 0.6 is 0 Å². The smallest absolute Gasteiger partial charge is 0.0494 e. The van der Waals surface area contributed by atoms with E-state index in [1.54, 1.807) is 0 Å². The van der Waals surface area contributed by atoms with Crippen LogP contribution in [0.3, 0.4) is 0 Å². The molecule has 0 bridgehead atoms. The molecule has 2 fully saturated rings. The van der Waals surface area contributed by atoms with Gasteiger partial charge in [-0.25, -0.2) is 0 Å². The van der Waals surface area contributed by atoms with Crippen molar-refractivity contribution in [2.24, 2.45) is 17.8 Å². The molecule has 2 unspecified atom stereocenters. The fourth-order valence-electron chi connectivity index (χ4n) is 2.47. The van der Waals surface area contributed by atoms with Gasteiger partial charge in [0.25, 0.3) is 0 Å². The molecule has 3 heteroatoms. The lowest BCUT2D eigenvalue weighted by Crippen LogP contribution is -2.51. The number of hydrogen-bond acceptors (Lipinski definition) is 3. The second-order valence-corrected chi connectivity index (χ2v) is 4.87. The average molecular weight is 199 g/mol.